The Hall–Kier alpha value is -2.49. The van der Waals surface area contributed by atoms with Gasteiger partial charge in [-0.3, -0.25) is 20.3 Å². The second-order valence-corrected chi connectivity index (χ2v) is 4.61. The summed E-state index contributed by atoms with van der Waals surface area (Å²) in [6, 6.07) is -0.502. The van der Waals surface area contributed by atoms with Crippen LogP contribution in [-0.4, -0.2) is 39.9 Å². The van der Waals surface area contributed by atoms with Crippen LogP contribution in [-0.2, 0) is 4.79 Å². The Morgan fingerprint density at radius 3 is 2.86 bits per heavy atom. The number of anilines is 2. The van der Waals surface area contributed by atoms with Crippen LogP contribution in [0.5, 0.6) is 0 Å². The summed E-state index contributed by atoms with van der Waals surface area (Å²) in [7, 11) is 0. The van der Waals surface area contributed by atoms with Crippen LogP contribution < -0.4 is 21.5 Å². The Balaban J connectivity index is 2.57. The van der Waals surface area contributed by atoms with Crippen LogP contribution in [0.15, 0.2) is 0 Å². The van der Waals surface area contributed by atoms with E-state index in [1.54, 1.807) is 4.90 Å². The number of carbonyl (C=O) groups is 1. The van der Waals surface area contributed by atoms with Crippen molar-refractivity contribution >= 4 is 23.4 Å². The van der Waals surface area contributed by atoms with Gasteiger partial charge in [0.05, 0.1) is 4.92 Å². The summed E-state index contributed by atoms with van der Waals surface area (Å²) >= 11 is 0. The third-order valence-electron chi connectivity index (χ3n) is 3.34. The molecule has 1 unspecified atom stereocenters. The Bertz CT molecular complexity index is 577. The molecule has 1 aliphatic rings. The van der Waals surface area contributed by atoms with Crippen molar-refractivity contribution in [3.05, 3.63) is 15.8 Å². The number of aryl methyl sites for hydroxylation is 1. The SMILES string of the molecule is CCC1C(=O)NCCN1c1nc(NN)nc(C)c1[N+](=O)[O-]. The molecular weight excluding hydrogens is 278 g/mol. The van der Waals surface area contributed by atoms with Crippen molar-refractivity contribution in [2.45, 2.75) is 26.3 Å². The number of rotatable bonds is 4. The van der Waals surface area contributed by atoms with Crippen LogP contribution >= 0.6 is 0 Å². The maximum absolute atomic E-state index is 11.9. The molecule has 0 radical (unpaired) electrons. The fourth-order valence-electron chi connectivity index (χ4n) is 2.40. The molecule has 1 amide bonds. The van der Waals surface area contributed by atoms with E-state index < -0.39 is 11.0 Å². The molecule has 0 saturated carbocycles. The fraction of sp³-hybridized carbons (Fsp3) is 0.545. The van der Waals surface area contributed by atoms with E-state index in [1.165, 1.54) is 6.92 Å². The first-order valence-electron chi connectivity index (χ1n) is 6.53. The maximum Gasteiger partial charge on any atom is 0.332 e. The third kappa shape index (κ3) is 2.70. The molecule has 0 aliphatic carbocycles. The highest BCUT2D eigenvalue weighted by atomic mass is 16.6. The molecule has 1 aliphatic heterocycles. The molecule has 2 heterocycles. The lowest BCUT2D eigenvalue weighted by molar-refractivity contribution is -0.385. The molecular formula is C11H17N7O3. The third-order valence-corrected chi connectivity index (χ3v) is 3.34. The van der Waals surface area contributed by atoms with Crippen molar-refractivity contribution in [1.29, 1.82) is 0 Å². The summed E-state index contributed by atoms with van der Waals surface area (Å²) in [5.41, 5.74) is 2.27. The minimum absolute atomic E-state index is 0.0777. The lowest BCUT2D eigenvalue weighted by atomic mass is 10.1. The van der Waals surface area contributed by atoms with Gasteiger partial charge in [-0.05, 0) is 13.3 Å². The highest BCUT2D eigenvalue weighted by molar-refractivity contribution is 5.87. The van der Waals surface area contributed by atoms with Gasteiger partial charge in [-0.2, -0.15) is 4.98 Å². The number of hydrogen-bond acceptors (Lipinski definition) is 8. The number of nitrogen functional groups attached to an aromatic ring is 1. The van der Waals surface area contributed by atoms with E-state index in [9.17, 15) is 14.9 Å². The number of nitrogens with two attached hydrogens (primary N) is 1. The molecule has 10 heteroatoms. The Morgan fingerprint density at radius 1 is 1.57 bits per heavy atom. The maximum atomic E-state index is 11.9. The lowest BCUT2D eigenvalue weighted by Gasteiger charge is -2.35. The zero-order valence-electron chi connectivity index (χ0n) is 11.8. The first-order valence-corrected chi connectivity index (χ1v) is 6.53. The highest BCUT2D eigenvalue weighted by Crippen LogP contribution is 2.32. The predicted molar refractivity (Wildman–Crippen MR) is 75.7 cm³/mol. The van der Waals surface area contributed by atoms with Crippen LogP contribution in [0.2, 0.25) is 0 Å². The van der Waals surface area contributed by atoms with Gasteiger partial charge in [0.2, 0.25) is 17.7 Å². The molecule has 0 spiro atoms. The van der Waals surface area contributed by atoms with Crippen molar-refractivity contribution in [2.24, 2.45) is 5.84 Å². The van der Waals surface area contributed by atoms with Crippen LogP contribution in [0.25, 0.3) is 0 Å². The fourth-order valence-corrected chi connectivity index (χ4v) is 2.40. The molecule has 1 fully saturated rings. The van der Waals surface area contributed by atoms with Crippen molar-refractivity contribution in [3.63, 3.8) is 0 Å². The average Bonchev–Trinajstić information content (AvgIpc) is 2.45. The number of amides is 1. The zero-order valence-corrected chi connectivity index (χ0v) is 11.8. The average molecular weight is 295 g/mol. The van der Waals surface area contributed by atoms with E-state index in [2.05, 4.69) is 20.7 Å². The number of nitrogens with zero attached hydrogens (tertiary/aromatic N) is 4. The monoisotopic (exact) mass is 295 g/mol. The van der Waals surface area contributed by atoms with Crippen LogP contribution in [0.3, 0.4) is 0 Å². The minimum Gasteiger partial charge on any atom is -0.353 e. The smallest absolute Gasteiger partial charge is 0.332 e. The largest absolute Gasteiger partial charge is 0.353 e. The van der Waals surface area contributed by atoms with Gasteiger partial charge in [-0.25, -0.2) is 10.8 Å². The van der Waals surface area contributed by atoms with Gasteiger partial charge in [0, 0.05) is 13.1 Å². The van der Waals surface area contributed by atoms with E-state index in [4.69, 9.17) is 5.84 Å². The van der Waals surface area contributed by atoms with Crippen molar-refractivity contribution < 1.29 is 9.72 Å². The van der Waals surface area contributed by atoms with Crippen LogP contribution in [0.1, 0.15) is 19.0 Å². The van der Waals surface area contributed by atoms with Gasteiger partial charge in [-0.15, -0.1) is 0 Å². The first-order chi connectivity index (χ1) is 9.99. The molecule has 21 heavy (non-hydrogen) atoms. The zero-order chi connectivity index (χ0) is 15.6. The number of hydrogen-bond donors (Lipinski definition) is 3. The Labute approximate surface area is 120 Å². The normalized spacial score (nSPS) is 18.3. The van der Waals surface area contributed by atoms with E-state index >= 15 is 0 Å². The minimum atomic E-state index is -0.538. The topological polar surface area (TPSA) is 139 Å². The van der Waals surface area contributed by atoms with E-state index in [1.807, 2.05) is 6.92 Å². The summed E-state index contributed by atoms with van der Waals surface area (Å²) in [5, 5.41) is 14.0. The molecule has 0 aromatic carbocycles. The summed E-state index contributed by atoms with van der Waals surface area (Å²) in [6.45, 7) is 4.19. The van der Waals surface area contributed by atoms with Gasteiger partial charge >= 0.3 is 5.69 Å². The molecule has 1 atom stereocenters. The molecule has 2 rings (SSSR count). The second-order valence-electron chi connectivity index (χ2n) is 4.61. The number of piperazine rings is 1. The van der Waals surface area contributed by atoms with Gasteiger partial charge in [0.1, 0.15) is 11.7 Å². The number of nitro groups is 1. The highest BCUT2D eigenvalue weighted by Gasteiger charge is 2.35. The van der Waals surface area contributed by atoms with Crippen LogP contribution in [0.4, 0.5) is 17.5 Å². The van der Waals surface area contributed by atoms with Crippen molar-refractivity contribution in [2.75, 3.05) is 23.4 Å². The number of hydrazine groups is 1. The second kappa shape index (κ2) is 5.87. The van der Waals surface area contributed by atoms with Gasteiger partial charge < -0.3 is 10.2 Å². The summed E-state index contributed by atoms with van der Waals surface area (Å²) in [6.07, 6.45) is 0.511. The summed E-state index contributed by atoms with van der Waals surface area (Å²) in [4.78, 5) is 32.3. The molecule has 10 nitrogen and oxygen atoms in total. The van der Waals surface area contributed by atoms with E-state index in [0.717, 1.165) is 0 Å². The summed E-state index contributed by atoms with van der Waals surface area (Å²) < 4.78 is 0. The standard InChI is InChI=1S/C11H17N7O3/c1-3-7-10(19)13-4-5-17(7)9-8(18(20)21)6(2)14-11(15-9)16-12/h7H,3-5,12H2,1-2H3,(H,13,19)(H,14,15,16). The van der Waals surface area contributed by atoms with E-state index in [0.29, 0.717) is 19.5 Å². The van der Waals surface area contributed by atoms with Crippen LogP contribution in [0, 0.1) is 17.0 Å². The molecule has 0 bridgehead atoms. The quantitative estimate of drug-likeness (QED) is 0.390. The number of nitrogens with one attached hydrogen (secondary N) is 2. The number of carbonyl (C=O) groups excluding carboxylic acids is 1. The lowest BCUT2D eigenvalue weighted by Crippen LogP contribution is -2.55. The van der Waals surface area contributed by atoms with Gasteiger partial charge in [-0.1, -0.05) is 6.92 Å². The van der Waals surface area contributed by atoms with Crippen molar-refractivity contribution in [1.82, 2.24) is 15.3 Å². The molecule has 1 aromatic heterocycles. The first kappa shape index (κ1) is 14.9. The Kier molecular flexibility index (Phi) is 4.17. The molecule has 1 saturated heterocycles. The molecule has 1 aromatic rings. The summed E-state index contributed by atoms with van der Waals surface area (Å²) in [5.74, 6) is 5.32. The van der Waals surface area contributed by atoms with Crippen molar-refractivity contribution in [3.8, 4) is 0 Å². The molecule has 4 N–H and O–H groups in total. The predicted octanol–water partition coefficient (Wildman–Crippen LogP) is -0.306. The van der Waals surface area contributed by atoms with Gasteiger partial charge in [0.25, 0.3) is 0 Å². The van der Waals surface area contributed by atoms with E-state index in [-0.39, 0.29) is 29.1 Å². The van der Waals surface area contributed by atoms with Gasteiger partial charge in [0.15, 0.2) is 0 Å². The molecule has 114 valence electrons. The number of aromatic nitrogens is 2. The Morgan fingerprint density at radius 2 is 2.29 bits per heavy atom.